The predicted molar refractivity (Wildman–Crippen MR) is 105 cm³/mol. The van der Waals surface area contributed by atoms with E-state index in [0.29, 0.717) is 21.8 Å². The van der Waals surface area contributed by atoms with Gasteiger partial charge in [0.2, 0.25) is 5.17 Å². The van der Waals surface area contributed by atoms with Gasteiger partial charge in [-0.2, -0.15) is 15.1 Å². The molecule has 0 atom stereocenters. The molecule has 1 amide bonds. The molecule has 2 aromatic heterocycles. The molecule has 5 rings (SSSR count). The first kappa shape index (κ1) is 16.5. The van der Waals surface area contributed by atoms with Crippen molar-refractivity contribution < 1.29 is 13.6 Å². The van der Waals surface area contributed by atoms with E-state index in [1.54, 1.807) is 36.4 Å². The van der Waals surface area contributed by atoms with Gasteiger partial charge >= 0.3 is 0 Å². The molecule has 1 aromatic carbocycles. The number of amidine groups is 2. The minimum Gasteiger partial charge on any atom is -0.463 e. The highest BCUT2D eigenvalue weighted by atomic mass is 32.2. The highest BCUT2D eigenvalue weighted by Gasteiger charge is 2.36. The number of fused-ring (bicyclic) bond motifs is 2. The molecule has 1 N–H and O–H groups in total. The highest BCUT2D eigenvalue weighted by Crippen LogP contribution is 2.30. The molecule has 0 bridgehead atoms. The Hall–Kier alpha value is -3.72. The first-order chi connectivity index (χ1) is 13.6. The molecule has 136 valence electrons. The van der Waals surface area contributed by atoms with Crippen molar-refractivity contribution in [2.45, 2.75) is 0 Å². The van der Waals surface area contributed by atoms with Crippen LogP contribution in [-0.2, 0) is 4.79 Å². The van der Waals surface area contributed by atoms with Crippen LogP contribution in [0.4, 0.5) is 0 Å². The second-order valence-electron chi connectivity index (χ2n) is 5.92. The number of carbonyl (C=O) groups excluding carboxylic acids is 1. The smallest absolute Gasteiger partial charge is 0.283 e. The van der Waals surface area contributed by atoms with E-state index in [0.717, 1.165) is 11.8 Å². The van der Waals surface area contributed by atoms with Crippen LogP contribution >= 0.6 is 11.8 Å². The van der Waals surface area contributed by atoms with E-state index in [1.165, 1.54) is 23.6 Å². The van der Waals surface area contributed by atoms with E-state index in [4.69, 9.17) is 14.2 Å². The van der Waals surface area contributed by atoms with E-state index in [1.807, 2.05) is 0 Å². The quantitative estimate of drug-likeness (QED) is 0.673. The lowest BCUT2D eigenvalue weighted by Gasteiger charge is -2.20. The fourth-order valence-electron chi connectivity index (χ4n) is 2.84. The number of rotatable bonds is 2. The number of amides is 1. The van der Waals surface area contributed by atoms with E-state index >= 15 is 0 Å². The third-order valence-corrected chi connectivity index (χ3v) is 5.12. The maximum atomic E-state index is 12.7. The van der Waals surface area contributed by atoms with E-state index in [9.17, 15) is 9.59 Å². The Balaban J connectivity index is 1.57. The van der Waals surface area contributed by atoms with Gasteiger partial charge in [-0.15, -0.1) is 0 Å². The maximum absolute atomic E-state index is 12.7. The van der Waals surface area contributed by atoms with Crippen LogP contribution in [0.25, 0.3) is 17.0 Å². The second kappa shape index (κ2) is 6.17. The van der Waals surface area contributed by atoms with Gasteiger partial charge in [-0.25, -0.2) is 0 Å². The van der Waals surface area contributed by atoms with Crippen LogP contribution in [0.1, 0.15) is 11.3 Å². The van der Waals surface area contributed by atoms with Crippen LogP contribution in [0.2, 0.25) is 0 Å². The number of nitrogens with one attached hydrogen (secondary N) is 1. The number of hydrogen-bond acceptors (Lipinski definition) is 7. The van der Waals surface area contributed by atoms with Gasteiger partial charge in [-0.3, -0.25) is 15.0 Å². The Kier molecular flexibility index (Phi) is 3.63. The normalized spacial score (nSPS) is 17.9. The lowest BCUT2D eigenvalue weighted by atomic mass is 10.1. The summed E-state index contributed by atoms with van der Waals surface area (Å²) in [6.07, 6.45) is 4.10. The summed E-state index contributed by atoms with van der Waals surface area (Å²) in [6.45, 7) is 0. The first-order valence-corrected chi connectivity index (χ1v) is 8.98. The predicted octanol–water partition coefficient (Wildman–Crippen LogP) is 3.05. The number of hydrazone groups is 1. The molecule has 2 aliphatic heterocycles. The number of thioether (sulfide) groups is 1. The monoisotopic (exact) mass is 390 g/mol. The van der Waals surface area contributed by atoms with Crippen molar-refractivity contribution in [3.05, 3.63) is 76.0 Å². The average Bonchev–Trinajstić information content (AvgIpc) is 3.36. The Morgan fingerprint density at radius 1 is 1.11 bits per heavy atom. The summed E-state index contributed by atoms with van der Waals surface area (Å²) in [7, 11) is 0. The summed E-state index contributed by atoms with van der Waals surface area (Å²) in [5.74, 6) is -0.271. The lowest BCUT2D eigenvalue weighted by molar-refractivity contribution is -0.114. The summed E-state index contributed by atoms with van der Waals surface area (Å²) in [5, 5.41) is 15.1. The van der Waals surface area contributed by atoms with Gasteiger partial charge in [-0.1, -0.05) is 12.1 Å². The molecular formula is C19H10N4O4S. The maximum Gasteiger partial charge on any atom is 0.283 e. The van der Waals surface area contributed by atoms with Crippen molar-refractivity contribution in [1.82, 2.24) is 5.01 Å². The highest BCUT2D eigenvalue weighted by molar-refractivity contribution is 8.27. The Morgan fingerprint density at radius 3 is 2.79 bits per heavy atom. The zero-order valence-corrected chi connectivity index (χ0v) is 14.9. The van der Waals surface area contributed by atoms with Crippen molar-refractivity contribution in [3.8, 4) is 0 Å². The number of furan rings is 1. The van der Waals surface area contributed by atoms with Crippen LogP contribution in [0.5, 0.6) is 0 Å². The number of hydrogen-bond donors (Lipinski definition) is 1. The van der Waals surface area contributed by atoms with E-state index < -0.39 is 5.91 Å². The molecule has 9 heteroatoms. The first-order valence-electron chi connectivity index (χ1n) is 8.16. The molecule has 0 spiro atoms. The van der Waals surface area contributed by atoms with Gasteiger partial charge in [0.05, 0.1) is 22.8 Å². The number of nitrogens with zero attached hydrogens (tertiary/aromatic N) is 3. The molecule has 0 aliphatic carbocycles. The van der Waals surface area contributed by atoms with Crippen molar-refractivity contribution in [2.24, 2.45) is 10.1 Å². The Morgan fingerprint density at radius 2 is 1.96 bits per heavy atom. The standard InChI is InChI=1S/C19H10N4O4S/c20-16-12(8-10-9-27-13-5-2-1-4-11(13)15(10)24)17(25)21-19-23(16)22-18(28-19)14-6-3-7-26-14/h1-9,20H. The molecular weight excluding hydrogens is 380 g/mol. The Labute approximate surface area is 161 Å². The zero-order valence-electron chi connectivity index (χ0n) is 14.1. The van der Waals surface area contributed by atoms with Gasteiger partial charge < -0.3 is 8.83 Å². The minimum absolute atomic E-state index is 0.0450. The van der Waals surface area contributed by atoms with Gasteiger partial charge in [-0.05, 0) is 42.1 Å². The van der Waals surface area contributed by atoms with Gasteiger partial charge in [0.25, 0.3) is 5.91 Å². The Bertz CT molecular complexity index is 1300. The molecule has 3 aromatic rings. The zero-order chi connectivity index (χ0) is 19.3. The summed E-state index contributed by atoms with van der Waals surface area (Å²) < 4.78 is 10.8. The molecule has 4 heterocycles. The third kappa shape index (κ3) is 2.52. The van der Waals surface area contributed by atoms with E-state index in [2.05, 4.69) is 10.1 Å². The van der Waals surface area contributed by atoms with Crippen LogP contribution < -0.4 is 5.43 Å². The molecule has 2 aliphatic rings. The van der Waals surface area contributed by atoms with Crippen LogP contribution in [0.15, 0.2) is 78.2 Å². The molecule has 8 nitrogen and oxygen atoms in total. The van der Waals surface area contributed by atoms with Crippen molar-refractivity contribution >= 4 is 50.8 Å². The minimum atomic E-state index is -0.618. The number of aliphatic imine (C=N–C) groups is 1. The van der Waals surface area contributed by atoms with Gasteiger partial charge in [0.15, 0.2) is 22.1 Å². The number of benzene rings is 1. The molecule has 0 saturated heterocycles. The van der Waals surface area contributed by atoms with E-state index in [-0.39, 0.29) is 27.6 Å². The summed E-state index contributed by atoms with van der Waals surface area (Å²) >= 11 is 1.14. The summed E-state index contributed by atoms with van der Waals surface area (Å²) in [4.78, 5) is 29.1. The fourth-order valence-corrected chi connectivity index (χ4v) is 3.70. The topological polar surface area (TPSA) is 112 Å². The van der Waals surface area contributed by atoms with Gasteiger partial charge in [0, 0.05) is 0 Å². The molecule has 0 unspecified atom stereocenters. The lowest BCUT2D eigenvalue weighted by Crippen LogP contribution is -2.35. The van der Waals surface area contributed by atoms with Crippen LogP contribution in [0.3, 0.4) is 0 Å². The largest absolute Gasteiger partial charge is 0.463 e. The number of carbonyl (C=O) groups is 1. The summed E-state index contributed by atoms with van der Waals surface area (Å²) in [6, 6.07) is 10.3. The molecule has 0 saturated carbocycles. The SMILES string of the molecule is N=C1C(=Cc2coc3ccccc3c2=O)C(=O)N=C2SC(c3ccco3)=NN12. The fraction of sp³-hybridized carbons (Fsp3) is 0. The van der Waals surface area contributed by atoms with Crippen molar-refractivity contribution in [2.75, 3.05) is 0 Å². The summed E-state index contributed by atoms with van der Waals surface area (Å²) in [5.41, 5.74) is 0.271. The second-order valence-corrected chi connectivity index (χ2v) is 6.87. The molecule has 28 heavy (non-hydrogen) atoms. The van der Waals surface area contributed by atoms with Crippen molar-refractivity contribution in [1.29, 1.82) is 5.41 Å². The van der Waals surface area contributed by atoms with Crippen molar-refractivity contribution in [3.63, 3.8) is 0 Å². The average molecular weight is 390 g/mol. The molecule has 0 fully saturated rings. The molecule has 0 radical (unpaired) electrons. The number of para-hydroxylation sites is 1. The van der Waals surface area contributed by atoms with Crippen LogP contribution in [0, 0.1) is 5.41 Å². The third-order valence-electron chi connectivity index (χ3n) is 4.19. The van der Waals surface area contributed by atoms with Crippen LogP contribution in [-0.4, -0.2) is 27.0 Å². The van der Waals surface area contributed by atoms with Gasteiger partial charge in [0.1, 0.15) is 11.8 Å².